The second-order valence-electron chi connectivity index (χ2n) is 3.39. The first-order chi connectivity index (χ1) is 7.66. The Morgan fingerprint density at radius 2 is 1.00 bits per heavy atom. The van der Waals surface area contributed by atoms with Gasteiger partial charge in [0.25, 0.3) is 0 Å². The summed E-state index contributed by atoms with van der Waals surface area (Å²) in [5.41, 5.74) is 1.96. The summed E-state index contributed by atoms with van der Waals surface area (Å²) in [6, 6.07) is 12.7. The minimum atomic E-state index is -0.244. The van der Waals surface area contributed by atoms with Gasteiger partial charge < -0.3 is 0 Å². The molecule has 0 heterocycles. The first-order valence-electron chi connectivity index (χ1n) is 4.77. The van der Waals surface area contributed by atoms with Gasteiger partial charge in [0.15, 0.2) is 0 Å². The molecule has 0 atom stereocenters. The standard InChI is InChI=1S/C13H8F2.Zr/c14-12-5-1-10(2-6-12)9-11-3-7-13(15)8-4-11;/h1-8H;/q;+2. The molecule has 2 aromatic rings. The Hall–Kier alpha value is -0.947. The van der Waals surface area contributed by atoms with Crippen LogP contribution >= 0.6 is 0 Å². The van der Waals surface area contributed by atoms with Gasteiger partial charge in [0, 0.05) is 0 Å². The Balaban J connectivity index is 2.32. The predicted molar refractivity (Wildman–Crippen MR) is 56.0 cm³/mol. The zero-order chi connectivity index (χ0) is 11.5. The van der Waals surface area contributed by atoms with E-state index in [2.05, 4.69) is 0 Å². The van der Waals surface area contributed by atoms with Crippen LogP contribution in [0.2, 0.25) is 0 Å². The molecule has 0 amide bonds. The Morgan fingerprint density at radius 3 is 1.31 bits per heavy atom. The Labute approximate surface area is 107 Å². The minimum absolute atomic E-state index is 0.244. The normalized spacial score (nSPS) is 10.2. The van der Waals surface area contributed by atoms with Crippen molar-refractivity contribution in [3.63, 3.8) is 0 Å². The maximum absolute atomic E-state index is 12.8. The van der Waals surface area contributed by atoms with E-state index >= 15 is 0 Å². The van der Waals surface area contributed by atoms with Crippen molar-refractivity contribution in [2.45, 2.75) is 0 Å². The van der Waals surface area contributed by atoms with E-state index in [1.807, 2.05) is 0 Å². The molecule has 0 bridgehead atoms. The molecule has 0 radical (unpaired) electrons. The zero-order valence-electron chi connectivity index (χ0n) is 8.37. The molecule has 0 nitrogen and oxygen atoms in total. The van der Waals surface area contributed by atoms with E-state index in [9.17, 15) is 8.78 Å². The molecular weight excluding hydrogens is 285 g/mol. The topological polar surface area (TPSA) is 0 Å². The molecule has 0 spiro atoms. The first kappa shape index (κ1) is 11.5. The molecule has 2 rings (SSSR count). The fourth-order valence-electron chi connectivity index (χ4n) is 1.40. The quantitative estimate of drug-likeness (QED) is 0.798. The summed E-state index contributed by atoms with van der Waals surface area (Å²) in [5, 5.41) is 0. The van der Waals surface area contributed by atoms with Gasteiger partial charge in [0.05, 0.1) is 0 Å². The van der Waals surface area contributed by atoms with Gasteiger partial charge >= 0.3 is 108 Å². The Kier molecular flexibility index (Phi) is 3.55. The van der Waals surface area contributed by atoms with E-state index in [1.165, 1.54) is 48.5 Å². The third kappa shape index (κ3) is 2.59. The van der Waals surface area contributed by atoms with Crippen LogP contribution < -0.4 is 0 Å². The molecule has 16 heavy (non-hydrogen) atoms. The van der Waals surface area contributed by atoms with Crippen LogP contribution in [-0.2, 0) is 24.2 Å². The van der Waals surface area contributed by atoms with Gasteiger partial charge in [0.2, 0.25) is 0 Å². The SMILES string of the molecule is Fc1ccc([C](=[Zr+2])c2ccc(F)cc2)cc1. The number of rotatable bonds is 2. The third-order valence-electron chi connectivity index (χ3n) is 2.27. The van der Waals surface area contributed by atoms with Gasteiger partial charge in [-0.2, -0.15) is 0 Å². The molecule has 2 aromatic carbocycles. The summed E-state index contributed by atoms with van der Waals surface area (Å²) >= 11 is 1.22. The van der Waals surface area contributed by atoms with Crippen LogP contribution in [0.1, 0.15) is 11.1 Å². The molecular formula is C13H8F2Zr+2. The van der Waals surface area contributed by atoms with Gasteiger partial charge in [0.1, 0.15) is 0 Å². The second kappa shape index (κ2) is 4.92. The average Bonchev–Trinajstić information content (AvgIpc) is 2.30. The van der Waals surface area contributed by atoms with Gasteiger partial charge in [-0.05, 0) is 0 Å². The predicted octanol–water partition coefficient (Wildman–Crippen LogP) is 3.08. The summed E-state index contributed by atoms with van der Waals surface area (Å²) in [6.07, 6.45) is 0. The summed E-state index contributed by atoms with van der Waals surface area (Å²) < 4.78 is 26.6. The van der Waals surface area contributed by atoms with Crippen molar-refractivity contribution in [3.8, 4) is 0 Å². The van der Waals surface area contributed by atoms with Gasteiger partial charge in [-0.15, -0.1) is 0 Å². The maximum atomic E-state index is 12.8. The summed E-state index contributed by atoms with van der Waals surface area (Å²) in [6.45, 7) is 0. The fraction of sp³-hybridized carbons (Fsp3) is 0. The first-order valence-corrected chi connectivity index (χ1v) is 6.00. The Bertz CT molecular complexity index is 453. The molecule has 0 fully saturated rings. The zero-order valence-corrected chi connectivity index (χ0v) is 10.8. The molecule has 0 aliphatic carbocycles. The van der Waals surface area contributed by atoms with Crippen molar-refractivity contribution in [2.24, 2.45) is 0 Å². The molecule has 3 heteroatoms. The van der Waals surface area contributed by atoms with E-state index in [1.54, 1.807) is 24.3 Å². The Morgan fingerprint density at radius 1 is 0.688 bits per heavy atom. The van der Waals surface area contributed by atoms with E-state index in [0.717, 1.165) is 14.3 Å². The summed E-state index contributed by atoms with van der Waals surface area (Å²) in [4.78, 5) is 0. The molecule has 76 valence electrons. The molecule has 0 aliphatic heterocycles. The molecule has 0 saturated carbocycles. The van der Waals surface area contributed by atoms with Crippen LogP contribution in [0, 0.1) is 11.6 Å². The number of halogens is 2. The van der Waals surface area contributed by atoms with E-state index in [0.29, 0.717) is 0 Å². The number of hydrogen-bond donors (Lipinski definition) is 0. The van der Waals surface area contributed by atoms with Crippen molar-refractivity contribution < 1.29 is 33.0 Å². The van der Waals surface area contributed by atoms with Crippen molar-refractivity contribution in [2.75, 3.05) is 0 Å². The summed E-state index contributed by atoms with van der Waals surface area (Å²) in [5.74, 6) is -0.488. The molecule has 0 saturated heterocycles. The molecule has 0 aromatic heterocycles. The van der Waals surface area contributed by atoms with E-state index in [4.69, 9.17) is 0 Å². The summed E-state index contributed by atoms with van der Waals surface area (Å²) in [7, 11) is 0. The van der Waals surface area contributed by atoms with Crippen molar-refractivity contribution in [3.05, 3.63) is 71.3 Å². The monoisotopic (exact) mass is 292 g/mol. The second-order valence-corrected chi connectivity index (χ2v) is 4.62. The van der Waals surface area contributed by atoms with E-state index in [-0.39, 0.29) is 11.6 Å². The number of hydrogen-bond acceptors (Lipinski definition) is 0. The van der Waals surface area contributed by atoms with Crippen LogP contribution in [0.15, 0.2) is 48.5 Å². The van der Waals surface area contributed by atoms with Gasteiger partial charge in [-0.3, -0.25) is 0 Å². The van der Waals surface area contributed by atoms with Crippen molar-refractivity contribution >= 4 is 3.21 Å². The van der Waals surface area contributed by atoms with Crippen LogP contribution in [0.25, 0.3) is 0 Å². The van der Waals surface area contributed by atoms with Crippen LogP contribution in [0.3, 0.4) is 0 Å². The van der Waals surface area contributed by atoms with Crippen molar-refractivity contribution in [1.82, 2.24) is 0 Å². The van der Waals surface area contributed by atoms with Crippen LogP contribution in [0.5, 0.6) is 0 Å². The average molecular weight is 293 g/mol. The van der Waals surface area contributed by atoms with Gasteiger partial charge in [-0.1, -0.05) is 0 Å². The van der Waals surface area contributed by atoms with Crippen molar-refractivity contribution in [1.29, 1.82) is 0 Å². The van der Waals surface area contributed by atoms with Gasteiger partial charge in [-0.25, -0.2) is 0 Å². The van der Waals surface area contributed by atoms with Crippen LogP contribution in [-0.4, -0.2) is 3.21 Å². The molecule has 0 aliphatic rings. The molecule has 0 N–H and O–H groups in total. The molecule has 0 unspecified atom stereocenters. The fourth-order valence-corrected chi connectivity index (χ4v) is 2.22. The van der Waals surface area contributed by atoms with E-state index < -0.39 is 0 Å². The van der Waals surface area contributed by atoms with Crippen LogP contribution in [0.4, 0.5) is 8.78 Å². The third-order valence-corrected chi connectivity index (χ3v) is 3.68. The number of benzene rings is 2.